The lowest BCUT2D eigenvalue weighted by molar-refractivity contribution is 0.103. The molecule has 0 saturated heterocycles. The number of nitrogens with zero attached hydrogens (tertiary/aromatic N) is 1. The summed E-state index contributed by atoms with van der Waals surface area (Å²) in [4.78, 5) is 17.2. The van der Waals surface area contributed by atoms with Crippen LogP contribution in [0.25, 0.3) is 0 Å². The first kappa shape index (κ1) is 18.0. The van der Waals surface area contributed by atoms with Crippen molar-refractivity contribution < 1.29 is 9.53 Å². The molecule has 0 aliphatic rings. The summed E-state index contributed by atoms with van der Waals surface area (Å²) in [6, 6.07) is 10.9. The molecule has 0 spiro atoms. The van der Waals surface area contributed by atoms with Crippen LogP contribution in [0.3, 0.4) is 0 Å². The van der Waals surface area contributed by atoms with Gasteiger partial charge < -0.3 is 10.1 Å². The number of hydrogen-bond donors (Lipinski definition) is 1. The number of carbonyl (C=O) groups excluding carboxylic acids is 1. The van der Waals surface area contributed by atoms with Gasteiger partial charge >= 0.3 is 0 Å². The number of ketones is 1. The SMILES string of the molecule is CCCCNc1ncccc1C(=O)c1cccc(OC(C)(C)C)c1. The van der Waals surface area contributed by atoms with E-state index in [-0.39, 0.29) is 11.4 Å². The van der Waals surface area contributed by atoms with Crippen LogP contribution in [-0.4, -0.2) is 22.9 Å². The van der Waals surface area contributed by atoms with Crippen LogP contribution < -0.4 is 10.1 Å². The van der Waals surface area contributed by atoms with Crippen LogP contribution in [0.15, 0.2) is 42.6 Å². The second kappa shape index (κ2) is 7.95. The molecular weight excluding hydrogens is 300 g/mol. The minimum Gasteiger partial charge on any atom is -0.488 e. The van der Waals surface area contributed by atoms with Crippen molar-refractivity contribution in [3.63, 3.8) is 0 Å². The van der Waals surface area contributed by atoms with Crippen LogP contribution in [0.5, 0.6) is 5.75 Å². The highest BCUT2D eigenvalue weighted by Gasteiger charge is 2.17. The third kappa shape index (κ3) is 5.08. The number of ether oxygens (including phenoxy) is 1. The Kier molecular flexibility index (Phi) is 5.96. The molecular formula is C20H26N2O2. The highest BCUT2D eigenvalue weighted by molar-refractivity contribution is 6.12. The maximum Gasteiger partial charge on any atom is 0.196 e. The zero-order valence-corrected chi connectivity index (χ0v) is 14.9. The van der Waals surface area contributed by atoms with Gasteiger partial charge in [-0.3, -0.25) is 4.79 Å². The Morgan fingerprint density at radius 3 is 2.71 bits per heavy atom. The van der Waals surface area contributed by atoms with E-state index in [4.69, 9.17) is 4.74 Å². The van der Waals surface area contributed by atoms with Crippen molar-refractivity contribution in [1.82, 2.24) is 4.98 Å². The van der Waals surface area contributed by atoms with E-state index in [1.54, 1.807) is 30.5 Å². The molecule has 24 heavy (non-hydrogen) atoms. The van der Waals surface area contributed by atoms with Gasteiger partial charge in [-0.15, -0.1) is 0 Å². The van der Waals surface area contributed by atoms with Crippen LogP contribution in [0.1, 0.15) is 56.5 Å². The van der Waals surface area contributed by atoms with Gasteiger partial charge in [0.15, 0.2) is 5.78 Å². The molecule has 0 unspecified atom stereocenters. The maximum absolute atomic E-state index is 12.9. The van der Waals surface area contributed by atoms with Crippen molar-refractivity contribution in [2.24, 2.45) is 0 Å². The summed E-state index contributed by atoms with van der Waals surface area (Å²) in [6.07, 6.45) is 3.83. The van der Waals surface area contributed by atoms with E-state index in [1.165, 1.54) is 0 Å². The molecule has 1 N–H and O–H groups in total. The molecule has 4 heteroatoms. The monoisotopic (exact) mass is 326 g/mol. The fraction of sp³-hybridized carbons (Fsp3) is 0.400. The lowest BCUT2D eigenvalue weighted by atomic mass is 10.0. The molecule has 128 valence electrons. The lowest BCUT2D eigenvalue weighted by Crippen LogP contribution is -2.23. The number of unbranched alkanes of at least 4 members (excludes halogenated alkanes) is 1. The number of aromatic nitrogens is 1. The van der Waals surface area contributed by atoms with E-state index in [1.807, 2.05) is 32.9 Å². The van der Waals surface area contributed by atoms with Crippen LogP contribution in [0, 0.1) is 0 Å². The first-order chi connectivity index (χ1) is 11.4. The van der Waals surface area contributed by atoms with Gasteiger partial charge in [0, 0.05) is 18.3 Å². The number of nitrogens with one attached hydrogen (secondary N) is 1. The first-order valence-electron chi connectivity index (χ1n) is 8.43. The summed E-state index contributed by atoms with van der Waals surface area (Å²) >= 11 is 0. The topological polar surface area (TPSA) is 51.2 Å². The fourth-order valence-electron chi connectivity index (χ4n) is 2.32. The molecule has 0 saturated carbocycles. The Balaban J connectivity index is 2.24. The van der Waals surface area contributed by atoms with Crippen LogP contribution in [-0.2, 0) is 0 Å². The molecule has 0 atom stereocenters. The standard InChI is InChI=1S/C20H26N2O2/c1-5-6-12-21-19-17(11-8-13-22-19)18(23)15-9-7-10-16(14-15)24-20(2,3)4/h7-11,13-14H,5-6,12H2,1-4H3,(H,21,22). The molecule has 1 heterocycles. The maximum atomic E-state index is 12.9. The van der Waals surface area contributed by atoms with E-state index in [2.05, 4.69) is 17.2 Å². The van der Waals surface area contributed by atoms with Crippen LogP contribution in [0.4, 0.5) is 5.82 Å². The van der Waals surface area contributed by atoms with Crippen molar-refractivity contribution in [1.29, 1.82) is 0 Å². The van der Waals surface area contributed by atoms with E-state index in [0.717, 1.165) is 19.4 Å². The molecule has 0 amide bonds. The summed E-state index contributed by atoms with van der Waals surface area (Å²) < 4.78 is 5.85. The quantitative estimate of drug-likeness (QED) is 0.592. The van der Waals surface area contributed by atoms with Gasteiger partial charge in [-0.1, -0.05) is 25.5 Å². The number of rotatable bonds is 7. The summed E-state index contributed by atoms with van der Waals surface area (Å²) in [5.74, 6) is 1.28. The van der Waals surface area contributed by atoms with E-state index in [0.29, 0.717) is 22.7 Å². The second-order valence-electron chi connectivity index (χ2n) is 6.75. The van der Waals surface area contributed by atoms with Crippen molar-refractivity contribution in [3.8, 4) is 5.75 Å². The van der Waals surface area contributed by atoms with Crippen molar-refractivity contribution in [2.45, 2.75) is 46.1 Å². The van der Waals surface area contributed by atoms with Crippen molar-refractivity contribution >= 4 is 11.6 Å². The van der Waals surface area contributed by atoms with Crippen LogP contribution >= 0.6 is 0 Å². The van der Waals surface area contributed by atoms with Gasteiger partial charge in [0.2, 0.25) is 0 Å². The van der Waals surface area contributed by atoms with Gasteiger partial charge in [0.05, 0.1) is 5.56 Å². The highest BCUT2D eigenvalue weighted by atomic mass is 16.5. The molecule has 2 rings (SSSR count). The Morgan fingerprint density at radius 1 is 1.21 bits per heavy atom. The summed E-state index contributed by atoms with van der Waals surface area (Å²) in [5, 5.41) is 3.25. The van der Waals surface area contributed by atoms with E-state index < -0.39 is 0 Å². The predicted molar refractivity (Wildman–Crippen MR) is 97.9 cm³/mol. The molecule has 0 aliphatic heterocycles. The number of hydrogen-bond acceptors (Lipinski definition) is 4. The van der Waals surface area contributed by atoms with Gasteiger partial charge in [0.25, 0.3) is 0 Å². The smallest absolute Gasteiger partial charge is 0.196 e. The Morgan fingerprint density at radius 2 is 2.00 bits per heavy atom. The van der Waals surface area contributed by atoms with E-state index >= 15 is 0 Å². The van der Waals surface area contributed by atoms with Gasteiger partial charge in [0.1, 0.15) is 17.2 Å². The van der Waals surface area contributed by atoms with Crippen molar-refractivity contribution in [2.75, 3.05) is 11.9 Å². The molecule has 2 aromatic rings. The zero-order chi connectivity index (χ0) is 17.6. The molecule has 0 aliphatic carbocycles. The van der Waals surface area contributed by atoms with Gasteiger partial charge in [-0.2, -0.15) is 0 Å². The molecule has 1 aromatic carbocycles. The first-order valence-corrected chi connectivity index (χ1v) is 8.43. The molecule has 0 bridgehead atoms. The average Bonchev–Trinajstić information content (AvgIpc) is 2.53. The van der Waals surface area contributed by atoms with Crippen LogP contribution in [0.2, 0.25) is 0 Å². The predicted octanol–water partition coefficient (Wildman–Crippen LogP) is 4.70. The normalized spacial score (nSPS) is 11.2. The third-order valence-corrected chi connectivity index (χ3v) is 3.40. The Bertz CT molecular complexity index is 690. The lowest BCUT2D eigenvalue weighted by Gasteiger charge is -2.21. The van der Waals surface area contributed by atoms with Gasteiger partial charge in [-0.25, -0.2) is 4.98 Å². The summed E-state index contributed by atoms with van der Waals surface area (Å²) in [6.45, 7) is 8.89. The van der Waals surface area contributed by atoms with E-state index in [9.17, 15) is 4.79 Å². The number of pyridine rings is 1. The highest BCUT2D eigenvalue weighted by Crippen LogP contribution is 2.23. The van der Waals surface area contributed by atoms with Crippen molar-refractivity contribution in [3.05, 3.63) is 53.7 Å². The second-order valence-corrected chi connectivity index (χ2v) is 6.75. The molecule has 0 radical (unpaired) electrons. The molecule has 1 aromatic heterocycles. The summed E-state index contributed by atoms with van der Waals surface area (Å²) in [5.41, 5.74) is 0.882. The minimum absolute atomic E-state index is 0.0542. The molecule has 0 fully saturated rings. The molecule has 4 nitrogen and oxygen atoms in total. The largest absolute Gasteiger partial charge is 0.488 e. The zero-order valence-electron chi connectivity index (χ0n) is 14.9. The Hall–Kier alpha value is -2.36. The number of benzene rings is 1. The van der Waals surface area contributed by atoms with Gasteiger partial charge in [-0.05, 0) is 51.5 Å². The minimum atomic E-state index is -0.303. The number of carbonyl (C=O) groups is 1. The summed E-state index contributed by atoms with van der Waals surface area (Å²) in [7, 11) is 0. The number of anilines is 1. The Labute approximate surface area is 144 Å². The fourth-order valence-corrected chi connectivity index (χ4v) is 2.32. The average molecular weight is 326 g/mol. The third-order valence-electron chi connectivity index (χ3n) is 3.40.